The Balaban J connectivity index is 0.000000465. The number of benzene rings is 2. The molecule has 0 saturated carbocycles. The predicted molar refractivity (Wildman–Crippen MR) is 216 cm³/mol. The Hall–Kier alpha value is -5.58. The summed E-state index contributed by atoms with van der Waals surface area (Å²) in [5.74, 6) is -0.145. The number of aldehydes is 2. The number of thiazole rings is 2. The van der Waals surface area contributed by atoms with E-state index < -0.39 is 5.91 Å². The number of imidazole rings is 1. The summed E-state index contributed by atoms with van der Waals surface area (Å²) in [4.78, 5) is 61.6. The van der Waals surface area contributed by atoms with Crippen molar-refractivity contribution in [1.82, 2.24) is 28.9 Å². The third-order valence-electron chi connectivity index (χ3n) is 8.28. The molecule has 0 fully saturated rings. The minimum Gasteiger partial charge on any atom is -0.366 e. The topological polar surface area (TPSA) is 198 Å². The molecule has 5 N–H and O–H groups in total. The van der Waals surface area contributed by atoms with Crippen LogP contribution >= 0.6 is 22.7 Å². The molecule has 0 saturated heterocycles. The zero-order chi connectivity index (χ0) is 39.5. The molecule has 4 heterocycles. The first kappa shape index (κ1) is 41.2. The second-order valence-electron chi connectivity index (χ2n) is 11.8. The molecule has 0 bridgehead atoms. The van der Waals surface area contributed by atoms with Gasteiger partial charge in [-0.3, -0.25) is 23.9 Å². The number of hydrogen-bond donors (Lipinski definition) is 3. The van der Waals surface area contributed by atoms with Crippen molar-refractivity contribution >= 4 is 74.3 Å². The van der Waals surface area contributed by atoms with Crippen molar-refractivity contribution in [3.8, 4) is 0 Å². The van der Waals surface area contributed by atoms with Crippen molar-refractivity contribution in [2.75, 3.05) is 19.4 Å². The molecule has 0 unspecified atom stereocenters. The van der Waals surface area contributed by atoms with Gasteiger partial charge < -0.3 is 25.9 Å². The number of amides is 2. The van der Waals surface area contributed by atoms with E-state index in [-0.39, 0.29) is 5.91 Å². The molecular weight excluding hydrogens is 725 g/mol. The second-order valence-corrected chi connectivity index (χ2v) is 14.0. The third kappa shape index (κ3) is 9.13. The molecule has 284 valence electrons. The molecule has 0 aliphatic rings. The Bertz CT molecular complexity index is 2390. The minimum absolute atomic E-state index is 0.331. The average Bonchev–Trinajstić information content (AvgIpc) is 3.95. The second kappa shape index (κ2) is 19.0. The molecule has 0 atom stereocenters. The van der Waals surface area contributed by atoms with Crippen LogP contribution in [0.3, 0.4) is 0 Å². The van der Waals surface area contributed by atoms with E-state index in [1.165, 1.54) is 29.7 Å². The Labute approximate surface area is 321 Å². The lowest BCUT2D eigenvalue weighted by molar-refractivity contribution is 0.0992. The van der Waals surface area contributed by atoms with E-state index in [2.05, 4.69) is 37.6 Å². The summed E-state index contributed by atoms with van der Waals surface area (Å²) in [5, 5.41) is 8.07. The van der Waals surface area contributed by atoms with Crippen LogP contribution in [0.1, 0.15) is 83.6 Å². The lowest BCUT2D eigenvalue weighted by atomic mass is 10.1. The molecule has 0 aliphatic carbocycles. The van der Waals surface area contributed by atoms with E-state index in [9.17, 15) is 19.2 Å². The maximum absolute atomic E-state index is 13.3. The molecular formula is C38H46N10O4S2. The number of aryl methyl sites for hydroxylation is 5. The lowest BCUT2D eigenvalue weighted by Crippen LogP contribution is -2.16. The van der Waals surface area contributed by atoms with Gasteiger partial charge in [0.25, 0.3) is 5.91 Å². The first-order chi connectivity index (χ1) is 26.0. The summed E-state index contributed by atoms with van der Waals surface area (Å²) >= 11 is 2.68. The molecule has 0 spiro atoms. The molecule has 0 radical (unpaired) electrons. The van der Waals surface area contributed by atoms with Gasteiger partial charge in [0, 0.05) is 37.8 Å². The van der Waals surface area contributed by atoms with Crippen LogP contribution in [0.4, 0.5) is 5.95 Å². The molecule has 2 amide bonds. The van der Waals surface area contributed by atoms with Gasteiger partial charge in [0.1, 0.15) is 16.9 Å². The molecule has 6 rings (SSSR count). The van der Waals surface area contributed by atoms with Crippen LogP contribution in [0.25, 0.3) is 21.3 Å². The zero-order valence-electron chi connectivity index (χ0n) is 31.5. The molecule has 16 heteroatoms. The standard InChI is InChI=1S/C30H31N7O3S2.C7H10N2O.CH5N/c1-5-19-13-18(16-38)14-22-25(19)37(29(32-4)34-22)12-8-7-11-36-23-10-9-20(27(31)39)15-24(23)42-30(36)35-28(40)26-21(6-2)33-17(3)41-26;1-3-9-7(5-10)4-6(2)8-9;1-2/h7-10,13-16H,5-6,11-12H2,1-4H3,(H2,31,39)(H,32,34);4-5H,3H2,1-2H3;2H2,1H3/b8-7+,35-30?;;. The minimum atomic E-state index is -0.515. The first-order valence-corrected chi connectivity index (χ1v) is 19.1. The number of aromatic nitrogens is 6. The Morgan fingerprint density at radius 3 is 2.24 bits per heavy atom. The predicted octanol–water partition coefficient (Wildman–Crippen LogP) is 5.49. The van der Waals surface area contributed by atoms with E-state index in [0.717, 1.165) is 68.7 Å². The van der Waals surface area contributed by atoms with Gasteiger partial charge in [-0.1, -0.05) is 37.3 Å². The van der Waals surface area contributed by atoms with Crippen LogP contribution in [0.15, 0.2) is 53.5 Å². The summed E-state index contributed by atoms with van der Waals surface area (Å²) < 4.78 is 6.53. The van der Waals surface area contributed by atoms with Crippen molar-refractivity contribution in [3.63, 3.8) is 0 Å². The number of nitrogens with zero attached hydrogens (tertiary/aromatic N) is 7. The number of rotatable bonds is 12. The number of allylic oxidation sites excluding steroid dienone is 2. The highest BCUT2D eigenvalue weighted by atomic mass is 32.1. The third-order valence-corrected chi connectivity index (χ3v) is 10.3. The van der Waals surface area contributed by atoms with Crippen molar-refractivity contribution in [1.29, 1.82) is 0 Å². The number of carbonyl (C=O) groups is 4. The van der Waals surface area contributed by atoms with Gasteiger partial charge in [0.2, 0.25) is 11.9 Å². The van der Waals surface area contributed by atoms with E-state index in [4.69, 9.17) is 10.7 Å². The van der Waals surface area contributed by atoms with Gasteiger partial charge in [-0.25, -0.2) is 9.97 Å². The van der Waals surface area contributed by atoms with E-state index in [1.54, 1.807) is 28.9 Å². The lowest BCUT2D eigenvalue weighted by Gasteiger charge is -2.09. The summed E-state index contributed by atoms with van der Waals surface area (Å²) in [5.41, 5.74) is 16.9. The van der Waals surface area contributed by atoms with Gasteiger partial charge in [-0.2, -0.15) is 10.1 Å². The molecule has 2 aromatic carbocycles. The molecule has 4 aromatic heterocycles. The summed E-state index contributed by atoms with van der Waals surface area (Å²) in [6.07, 6.45) is 7.13. The number of hydrogen-bond acceptors (Lipinski definition) is 11. The molecule has 54 heavy (non-hydrogen) atoms. The Morgan fingerprint density at radius 2 is 1.65 bits per heavy atom. The van der Waals surface area contributed by atoms with E-state index in [1.807, 2.05) is 63.6 Å². The van der Waals surface area contributed by atoms with Crippen LogP contribution in [-0.2, 0) is 32.5 Å². The van der Waals surface area contributed by atoms with Gasteiger partial charge in [-0.05, 0) is 82.6 Å². The number of primary amides is 1. The number of carbonyl (C=O) groups excluding carboxylic acids is 4. The van der Waals surface area contributed by atoms with Crippen LogP contribution < -0.4 is 21.6 Å². The normalized spacial score (nSPS) is 11.4. The summed E-state index contributed by atoms with van der Waals surface area (Å²) in [7, 11) is 3.32. The molecule has 6 aromatic rings. The van der Waals surface area contributed by atoms with E-state index in [0.29, 0.717) is 52.0 Å². The van der Waals surface area contributed by atoms with Gasteiger partial charge in [0.05, 0.1) is 37.6 Å². The van der Waals surface area contributed by atoms with Crippen LogP contribution in [0, 0.1) is 13.8 Å². The summed E-state index contributed by atoms with van der Waals surface area (Å²) in [6, 6.07) is 10.7. The first-order valence-electron chi connectivity index (χ1n) is 17.4. The number of fused-ring (bicyclic) bond motifs is 2. The fraction of sp³-hybridized carbons (Fsp3) is 0.316. The van der Waals surface area contributed by atoms with Crippen LogP contribution in [0.2, 0.25) is 0 Å². The smallest absolute Gasteiger partial charge is 0.291 e. The van der Waals surface area contributed by atoms with Crippen molar-refractivity contribution in [2.45, 2.75) is 67.1 Å². The summed E-state index contributed by atoms with van der Waals surface area (Å²) in [6.45, 7) is 11.5. The average molecular weight is 771 g/mol. The van der Waals surface area contributed by atoms with Crippen molar-refractivity contribution in [2.24, 2.45) is 16.5 Å². The van der Waals surface area contributed by atoms with Crippen LogP contribution in [-0.4, -0.2) is 67.4 Å². The van der Waals surface area contributed by atoms with Gasteiger partial charge >= 0.3 is 0 Å². The fourth-order valence-electron chi connectivity index (χ4n) is 5.86. The zero-order valence-corrected chi connectivity index (χ0v) is 33.2. The highest BCUT2D eigenvalue weighted by molar-refractivity contribution is 7.16. The fourth-order valence-corrected chi connectivity index (χ4v) is 7.83. The van der Waals surface area contributed by atoms with Crippen molar-refractivity contribution in [3.05, 3.63) is 97.0 Å². The Morgan fingerprint density at radius 1 is 0.926 bits per heavy atom. The van der Waals surface area contributed by atoms with E-state index >= 15 is 0 Å². The monoisotopic (exact) mass is 770 g/mol. The van der Waals surface area contributed by atoms with Crippen LogP contribution in [0.5, 0.6) is 0 Å². The number of anilines is 1. The Kier molecular flexibility index (Phi) is 14.5. The molecule has 0 aliphatic heterocycles. The highest BCUT2D eigenvalue weighted by Gasteiger charge is 2.17. The SMILES string of the molecule is CCc1nc(C)sc1C(=O)N=c1sc2cc(C(N)=O)ccc2n1C/C=C/Cn1c(NC)nc2cc(C=O)cc(CC)c21.CCn1nc(C)cc1C=O.CN. The highest BCUT2D eigenvalue weighted by Crippen LogP contribution is 2.26. The number of nitrogens with two attached hydrogens (primary N) is 2. The molecule has 14 nitrogen and oxygen atoms in total. The van der Waals surface area contributed by atoms with Gasteiger partial charge in [0.15, 0.2) is 11.1 Å². The number of nitrogens with one attached hydrogen (secondary N) is 1. The van der Waals surface area contributed by atoms with Gasteiger partial charge in [-0.15, -0.1) is 11.3 Å². The quantitative estimate of drug-likeness (QED) is 0.106. The maximum atomic E-state index is 13.3. The van der Waals surface area contributed by atoms with Crippen molar-refractivity contribution < 1.29 is 19.2 Å². The maximum Gasteiger partial charge on any atom is 0.291 e. The largest absolute Gasteiger partial charge is 0.366 e.